The van der Waals surface area contributed by atoms with Gasteiger partial charge in [-0.25, -0.2) is 4.98 Å². The highest BCUT2D eigenvalue weighted by atomic mass is 35.5. The number of halogens is 3. The Kier molecular flexibility index (Phi) is 6.63. The van der Waals surface area contributed by atoms with Gasteiger partial charge in [-0.2, -0.15) is 0 Å². The Morgan fingerprint density at radius 1 is 1.04 bits per heavy atom. The van der Waals surface area contributed by atoms with E-state index in [0.717, 1.165) is 25.9 Å². The first-order valence-corrected chi connectivity index (χ1v) is 9.70. The van der Waals surface area contributed by atoms with Crippen molar-refractivity contribution in [3.63, 3.8) is 0 Å². The summed E-state index contributed by atoms with van der Waals surface area (Å²) in [7, 11) is 0. The summed E-state index contributed by atoms with van der Waals surface area (Å²) < 4.78 is 5.70. The molecule has 1 aliphatic rings. The van der Waals surface area contributed by atoms with Crippen molar-refractivity contribution in [1.82, 2.24) is 9.88 Å². The SMILES string of the molecule is O=C(c1cccc(COc2c(Cl)cc(Cl)cc2Cl)n1)N1CCCCCC1. The lowest BCUT2D eigenvalue weighted by atomic mass is 10.2. The smallest absolute Gasteiger partial charge is 0.272 e. The molecule has 1 amide bonds. The van der Waals surface area contributed by atoms with E-state index in [2.05, 4.69) is 4.98 Å². The number of pyridine rings is 1. The Morgan fingerprint density at radius 3 is 2.35 bits per heavy atom. The fraction of sp³-hybridized carbons (Fsp3) is 0.368. The van der Waals surface area contributed by atoms with Crippen LogP contribution >= 0.6 is 34.8 Å². The molecule has 0 spiro atoms. The van der Waals surface area contributed by atoms with Crippen molar-refractivity contribution in [2.24, 2.45) is 0 Å². The van der Waals surface area contributed by atoms with Crippen molar-refractivity contribution < 1.29 is 9.53 Å². The van der Waals surface area contributed by atoms with Crippen molar-refractivity contribution in [1.29, 1.82) is 0 Å². The van der Waals surface area contributed by atoms with E-state index in [-0.39, 0.29) is 12.5 Å². The molecule has 0 unspecified atom stereocenters. The molecule has 2 aromatic rings. The van der Waals surface area contributed by atoms with Crippen LogP contribution in [0.5, 0.6) is 5.75 Å². The summed E-state index contributed by atoms with van der Waals surface area (Å²) >= 11 is 18.2. The second-order valence-electron chi connectivity index (χ2n) is 6.21. The van der Waals surface area contributed by atoms with Gasteiger partial charge in [0.15, 0.2) is 5.75 Å². The predicted molar refractivity (Wildman–Crippen MR) is 104 cm³/mol. The van der Waals surface area contributed by atoms with E-state index in [0.29, 0.717) is 32.2 Å². The van der Waals surface area contributed by atoms with Crippen molar-refractivity contribution in [3.8, 4) is 5.75 Å². The van der Waals surface area contributed by atoms with Crippen LogP contribution in [-0.4, -0.2) is 28.9 Å². The first-order chi connectivity index (χ1) is 12.5. The van der Waals surface area contributed by atoms with E-state index >= 15 is 0 Å². The van der Waals surface area contributed by atoms with E-state index < -0.39 is 0 Å². The number of carbonyl (C=O) groups is 1. The molecule has 0 saturated carbocycles. The summed E-state index contributed by atoms with van der Waals surface area (Å²) in [5.74, 6) is 0.320. The average molecular weight is 414 g/mol. The molecular weight excluding hydrogens is 395 g/mol. The number of likely N-dealkylation sites (tertiary alicyclic amines) is 1. The minimum Gasteiger partial charge on any atom is -0.484 e. The van der Waals surface area contributed by atoms with Crippen LogP contribution < -0.4 is 4.74 Å². The second-order valence-corrected chi connectivity index (χ2v) is 7.46. The normalized spacial score (nSPS) is 14.8. The minimum atomic E-state index is -0.0312. The maximum absolute atomic E-state index is 12.7. The number of rotatable bonds is 4. The Hall–Kier alpha value is -1.49. The van der Waals surface area contributed by atoms with Crippen molar-refractivity contribution in [2.75, 3.05) is 13.1 Å². The molecular formula is C19H19Cl3N2O2. The monoisotopic (exact) mass is 412 g/mol. The van der Waals surface area contributed by atoms with E-state index in [1.165, 1.54) is 12.8 Å². The molecule has 0 radical (unpaired) electrons. The van der Waals surface area contributed by atoms with Gasteiger partial charge >= 0.3 is 0 Å². The lowest BCUT2D eigenvalue weighted by Crippen LogP contribution is -2.32. The van der Waals surface area contributed by atoms with Crippen LogP contribution in [0, 0.1) is 0 Å². The van der Waals surface area contributed by atoms with Gasteiger partial charge in [0, 0.05) is 18.1 Å². The molecule has 2 heterocycles. The van der Waals surface area contributed by atoms with Gasteiger partial charge in [-0.15, -0.1) is 0 Å². The zero-order valence-corrected chi connectivity index (χ0v) is 16.4. The number of hydrogen-bond donors (Lipinski definition) is 0. The van der Waals surface area contributed by atoms with Gasteiger partial charge in [0.25, 0.3) is 5.91 Å². The van der Waals surface area contributed by atoms with Crippen LogP contribution in [-0.2, 0) is 6.61 Å². The van der Waals surface area contributed by atoms with E-state index in [1.807, 2.05) is 11.0 Å². The van der Waals surface area contributed by atoms with E-state index in [1.54, 1.807) is 24.3 Å². The Morgan fingerprint density at radius 2 is 1.69 bits per heavy atom. The highest BCUT2D eigenvalue weighted by molar-refractivity contribution is 6.40. The van der Waals surface area contributed by atoms with Crippen molar-refractivity contribution in [2.45, 2.75) is 32.3 Å². The van der Waals surface area contributed by atoms with Gasteiger partial charge in [0.1, 0.15) is 12.3 Å². The molecule has 0 N–H and O–H groups in total. The number of hydrogen-bond acceptors (Lipinski definition) is 3. The summed E-state index contributed by atoms with van der Waals surface area (Å²) in [5.41, 5.74) is 1.06. The first kappa shape index (κ1) is 19.3. The summed E-state index contributed by atoms with van der Waals surface area (Å²) in [6.07, 6.45) is 4.44. The molecule has 1 aliphatic heterocycles. The molecule has 26 heavy (non-hydrogen) atoms. The number of benzene rings is 1. The van der Waals surface area contributed by atoms with Gasteiger partial charge in [0.05, 0.1) is 15.7 Å². The van der Waals surface area contributed by atoms with Crippen molar-refractivity contribution in [3.05, 3.63) is 56.8 Å². The third-order valence-corrected chi connectivity index (χ3v) is 5.03. The zero-order valence-electron chi connectivity index (χ0n) is 14.2. The van der Waals surface area contributed by atoms with Gasteiger partial charge in [0.2, 0.25) is 0 Å². The first-order valence-electron chi connectivity index (χ1n) is 8.57. The number of carbonyl (C=O) groups excluding carboxylic acids is 1. The van der Waals surface area contributed by atoms with Crippen LogP contribution in [0.15, 0.2) is 30.3 Å². The molecule has 7 heteroatoms. The number of aromatic nitrogens is 1. The molecule has 0 aliphatic carbocycles. The van der Waals surface area contributed by atoms with Crippen molar-refractivity contribution >= 4 is 40.7 Å². The highest BCUT2D eigenvalue weighted by Gasteiger charge is 2.19. The third kappa shape index (κ3) is 4.81. The van der Waals surface area contributed by atoms with Crippen LogP contribution in [0.25, 0.3) is 0 Å². The molecule has 1 aromatic heterocycles. The fourth-order valence-electron chi connectivity index (χ4n) is 2.93. The Labute approximate surface area is 168 Å². The highest BCUT2D eigenvalue weighted by Crippen LogP contribution is 2.36. The van der Waals surface area contributed by atoms with Gasteiger partial charge in [-0.05, 0) is 37.1 Å². The molecule has 1 fully saturated rings. The topological polar surface area (TPSA) is 42.4 Å². The van der Waals surface area contributed by atoms with Crippen LogP contribution in [0.1, 0.15) is 41.9 Å². The molecule has 1 aromatic carbocycles. The number of amides is 1. The van der Waals surface area contributed by atoms with Crippen LogP contribution in [0.4, 0.5) is 0 Å². The van der Waals surface area contributed by atoms with Crippen LogP contribution in [0.3, 0.4) is 0 Å². The number of ether oxygens (including phenoxy) is 1. The van der Waals surface area contributed by atoms with Gasteiger partial charge < -0.3 is 9.64 Å². The van der Waals surface area contributed by atoms with E-state index in [9.17, 15) is 4.79 Å². The zero-order chi connectivity index (χ0) is 18.5. The minimum absolute atomic E-state index is 0.0312. The predicted octanol–water partition coefficient (Wildman–Crippen LogP) is 5.64. The molecule has 4 nitrogen and oxygen atoms in total. The molecule has 0 bridgehead atoms. The maximum atomic E-state index is 12.7. The second kappa shape index (κ2) is 8.94. The fourth-order valence-corrected chi connectivity index (χ4v) is 3.85. The number of nitrogens with zero attached hydrogens (tertiary/aromatic N) is 2. The summed E-state index contributed by atoms with van der Waals surface area (Å²) in [4.78, 5) is 19.0. The lowest BCUT2D eigenvalue weighted by Gasteiger charge is -2.20. The molecule has 1 saturated heterocycles. The molecule has 3 rings (SSSR count). The largest absolute Gasteiger partial charge is 0.484 e. The third-order valence-electron chi connectivity index (χ3n) is 4.25. The van der Waals surface area contributed by atoms with Gasteiger partial charge in [-0.3, -0.25) is 4.79 Å². The summed E-state index contributed by atoms with van der Waals surface area (Å²) in [6, 6.07) is 8.48. The van der Waals surface area contributed by atoms with Gasteiger partial charge in [-0.1, -0.05) is 53.7 Å². The summed E-state index contributed by atoms with van der Waals surface area (Å²) in [5, 5.41) is 1.11. The molecule has 138 valence electrons. The summed E-state index contributed by atoms with van der Waals surface area (Å²) in [6.45, 7) is 1.73. The Bertz CT molecular complexity index is 767. The molecule has 0 atom stereocenters. The quantitative estimate of drug-likeness (QED) is 0.651. The lowest BCUT2D eigenvalue weighted by molar-refractivity contribution is 0.0755. The standard InChI is InChI=1S/C19H19Cl3N2O2/c20-13-10-15(21)18(16(22)11-13)26-12-14-6-5-7-17(23-14)19(25)24-8-3-1-2-4-9-24/h5-7,10-11H,1-4,8-9,12H2. The van der Waals surface area contributed by atoms with Crippen LogP contribution in [0.2, 0.25) is 15.1 Å². The Balaban J connectivity index is 1.70. The van der Waals surface area contributed by atoms with E-state index in [4.69, 9.17) is 39.5 Å². The maximum Gasteiger partial charge on any atom is 0.272 e. The average Bonchev–Trinajstić information content (AvgIpc) is 2.90.